The fraction of sp³-hybridized carbons (Fsp3) is 0.150. The van der Waals surface area contributed by atoms with Crippen LogP contribution in [-0.4, -0.2) is 4.98 Å². The Kier molecular flexibility index (Phi) is 5.07. The normalized spacial score (nSPS) is 10.9. The highest BCUT2D eigenvalue weighted by Gasteiger charge is 2.11. The first-order valence-corrected chi connectivity index (χ1v) is 8.75. The fourth-order valence-corrected chi connectivity index (χ4v) is 3.51. The number of H-pyrrole nitrogens is 1. The number of aromatic nitrogens is 2. The molecule has 0 bridgehead atoms. The Balaban J connectivity index is 0.00000169. The zero-order chi connectivity index (χ0) is 15.8. The lowest BCUT2D eigenvalue weighted by Crippen LogP contribution is -3.00. The van der Waals surface area contributed by atoms with E-state index in [4.69, 9.17) is 0 Å². The molecule has 24 heavy (non-hydrogen) atoms. The predicted octanol–water partition coefficient (Wildman–Crippen LogP) is 2.32. The van der Waals surface area contributed by atoms with E-state index in [0.29, 0.717) is 0 Å². The van der Waals surface area contributed by atoms with Gasteiger partial charge in [0, 0.05) is 39.0 Å². The molecule has 0 atom stereocenters. The summed E-state index contributed by atoms with van der Waals surface area (Å²) < 4.78 is 3.29. The summed E-state index contributed by atoms with van der Waals surface area (Å²) in [7, 11) is 0. The number of hydrogen-bond acceptors (Lipinski definition) is 0. The highest BCUT2D eigenvalue weighted by Crippen LogP contribution is 2.27. The molecule has 4 aromatic rings. The number of pyridine rings is 1. The van der Waals surface area contributed by atoms with Crippen molar-refractivity contribution in [1.29, 1.82) is 0 Å². The fourth-order valence-electron chi connectivity index (χ4n) is 3.15. The highest BCUT2D eigenvalue weighted by molar-refractivity contribution is 9.10. The van der Waals surface area contributed by atoms with Gasteiger partial charge in [-0.1, -0.05) is 41.4 Å². The van der Waals surface area contributed by atoms with Crippen LogP contribution in [0.4, 0.5) is 0 Å². The minimum absolute atomic E-state index is 0. The number of fused-ring (bicyclic) bond motifs is 3. The van der Waals surface area contributed by atoms with Gasteiger partial charge in [-0.05, 0) is 30.2 Å². The number of nitrogens with one attached hydrogen (secondary N) is 1. The standard InChI is InChI=1S/C20H17BrN2.BrH/c1-2-4-14-5-3-6-16(11-14)23-10-9-17-18-12-15(21)7-8-19(18)22-20(17)13-23;/h3,5-13H,2,4H2,1H3;1H. The molecule has 2 aromatic heterocycles. The first-order valence-electron chi connectivity index (χ1n) is 7.96. The van der Waals surface area contributed by atoms with E-state index in [-0.39, 0.29) is 17.0 Å². The number of benzene rings is 2. The summed E-state index contributed by atoms with van der Waals surface area (Å²) in [6.45, 7) is 2.22. The van der Waals surface area contributed by atoms with Crippen molar-refractivity contribution in [3.05, 3.63) is 71.0 Å². The second-order valence-electron chi connectivity index (χ2n) is 5.91. The number of halogens is 2. The van der Waals surface area contributed by atoms with Gasteiger partial charge in [-0.15, -0.1) is 0 Å². The maximum atomic E-state index is 3.56. The lowest BCUT2D eigenvalue weighted by Gasteiger charge is -2.00. The number of nitrogens with zero attached hydrogens (tertiary/aromatic N) is 1. The van der Waals surface area contributed by atoms with Gasteiger partial charge in [0.05, 0.1) is 0 Å². The minimum Gasteiger partial charge on any atom is -1.00 e. The van der Waals surface area contributed by atoms with Crippen LogP contribution in [0.2, 0.25) is 0 Å². The van der Waals surface area contributed by atoms with Crippen LogP contribution < -0.4 is 21.5 Å². The Morgan fingerprint density at radius 3 is 2.71 bits per heavy atom. The zero-order valence-corrected chi connectivity index (χ0v) is 16.6. The molecule has 2 aromatic carbocycles. The average Bonchev–Trinajstić information content (AvgIpc) is 2.92. The average molecular weight is 446 g/mol. The molecule has 4 rings (SSSR count). The Hall–Kier alpha value is -1.65. The molecule has 0 aliphatic carbocycles. The van der Waals surface area contributed by atoms with Crippen molar-refractivity contribution in [2.24, 2.45) is 0 Å². The molecule has 0 aliphatic heterocycles. The van der Waals surface area contributed by atoms with E-state index in [2.05, 4.69) is 93.3 Å². The second kappa shape index (κ2) is 7.08. The monoisotopic (exact) mass is 444 g/mol. The van der Waals surface area contributed by atoms with Crippen LogP contribution in [0.3, 0.4) is 0 Å². The van der Waals surface area contributed by atoms with Crippen LogP contribution >= 0.6 is 15.9 Å². The summed E-state index contributed by atoms with van der Waals surface area (Å²) >= 11 is 3.56. The smallest absolute Gasteiger partial charge is 0.210 e. The lowest BCUT2D eigenvalue weighted by molar-refractivity contribution is -0.594. The third-order valence-corrected chi connectivity index (χ3v) is 4.74. The summed E-state index contributed by atoms with van der Waals surface area (Å²) in [5.74, 6) is 0. The minimum atomic E-state index is 0. The van der Waals surface area contributed by atoms with Crippen LogP contribution in [-0.2, 0) is 6.42 Å². The maximum absolute atomic E-state index is 3.56. The van der Waals surface area contributed by atoms with Gasteiger partial charge in [0.15, 0.2) is 12.4 Å². The molecule has 1 N–H and O–H groups in total. The van der Waals surface area contributed by atoms with Gasteiger partial charge in [0.2, 0.25) is 5.69 Å². The van der Waals surface area contributed by atoms with Crippen molar-refractivity contribution < 1.29 is 21.5 Å². The molecule has 0 saturated carbocycles. The molecule has 0 spiro atoms. The number of rotatable bonds is 3. The molecule has 122 valence electrons. The van der Waals surface area contributed by atoms with E-state index >= 15 is 0 Å². The zero-order valence-electron chi connectivity index (χ0n) is 13.4. The quantitative estimate of drug-likeness (QED) is 0.467. The molecule has 0 aliphatic rings. The third kappa shape index (κ3) is 3.13. The SMILES string of the molecule is CCCc1cccc(-[n+]2ccc3c(c2)[nH]c2ccc(Br)cc23)c1.[Br-]. The number of aromatic amines is 1. The van der Waals surface area contributed by atoms with Crippen LogP contribution in [0.25, 0.3) is 27.5 Å². The highest BCUT2D eigenvalue weighted by atomic mass is 79.9. The van der Waals surface area contributed by atoms with Gasteiger partial charge < -0.3 is 22.0 Å². The van der Waals surface area contributed by atoms with Crippen LogP contribution in [0.5, 0.6) is 0 Å². The maximum Gasteiger partial charge on any atom is 0.210 e. The summed E-state index contributed by atoms with van der Waals surface area (Å²) in [6.07, 6.45) is 6.61. The van der Waals surface area contributed by atoms with Gasteiger partial charge >= 0.3 is 0 Å². The van der Waals surface area contributed by atoms with E-state index in [1.165, 1.54) is 34.0 Å². The molecule has 0 fully saturated rings. The van der Waals surface area contributed by atoms with Gasteiger partial charge in [0.1, 0.15) is 5.52 Å². The Morgan fingerprint density at radius 1 is 1.00 bits per heavy atom. The van der Waals surface area contributed by atoms with E-state index in [9.17, 15) is 0 Å². The molecule has 0 saturated heterocycles. The summed E-state index contributed by atoms with van der Waals surface area (Å²) in [4.78, 5) is 3.51. The van der Waals surface area contributed by atoms with Crippen molar-refractivity contribution in [2.75, 3.05) is 0 Å². The summed E-state index contributed by atoms with van der Waals surface area (Å²) in [5.41, 5.74) is 4.91. The Bertz CT molecular complexity index is 1010. The van der Waals surface area contributed by atoms with Crippen molar-refractivity contribution in [3.63, 3.8) is 0 Å². The van der Waals surface area contributed by atoms with Gasteiger partial charge in [-0.3, -0.25) is 0 Å². The molecule has 2 heterocycles. The first-order chi connectivity index (χ1) is 11.2. The predicted molar refractivity (Wildman–Crippen MR) is 99.0 cm³/mol. The Morgan fingerprint density at radius 2 is 1.88 bits per heavy atom. The molecular weight excluding hydrogens is 428 g/mol. The van der Waals surface area contributed by atoms with Crippen molar-refractivity contribution in [3.8, 4) is 5.69 Å². The largest absolute Gasteiger partial charge is 1.00 e. The summed E-state index contributed by atoms with van der Waals surface area (Å²) in [5, 5.41) is 2.50. The van der Waals surface area contributed by atoms with Gasteiger partial charge in [0.25, 0.3) is 0 Å². The van der Waals surface area contributed by atoms with E-state index in [1.54, 1.807) is 0 Å². The lowest BCUT2D eigenvalue weighted by atomic mass is 10.1. The molecule has 4 heteroatoms. The Labute approximate surface area is 160 Å². The van der Waals surface area contributed by atoms with Crippen molar-refractivity contribution in [1.82, 2.24) is 4.98 Å². The van der Waals surface area contributed by atoms with Gasteiger partial charge in [-0.2, -0.15) is 4.57 Å². The second-order valence-corrected chi connectivity index (χ2v) is 6.83. The first kappa shape index (κ1) is 17.2. The molecule has 0 radical (unpaired) electrons. The van der Waals surface area contributed by atoms with Crippen LogP contribution in [0.1, 0.15) is 18.9 Å². The molecule has 0 unspecified atom stereocenters. The topological polar surface area (TPSA) is 19.7 Å². The third-order valence-electron chi connectivity index (χ3n) is 4.25. The summed E-state index contributed by atoms with van der Waals surface area (Å²) in [6, 6.07) is 17.3. The van der Waals surface area contributed by atoms with Gasteiger partial charge in [-0.25, -0.2) is 0 Å². The van der Waals surface area contributed by atoms with Crippen molar-refractivity contribution >= 4 is 37.7 Å². The molecule has 0 amide bonds. The van der Waals surface area contributed by atoms with E-state index in [0.717, 1.165) is 16.4 Å². The number of hydrogen-bond donors (Lipinski definition) is 1. The molecular formula is C20H18Br2N2. The van der Waals surface area contributed by atoms with Crippen LogP contribution in [0, 0.1) is 0 Å². The number of aryl methyl sites for hydroxylation is 1. The van der Waals surface area contributed by atoms with Crippen LogP contribution in [0.15, 0.2) is 65.4 Å². The van der Waals surface area contributed by atoms with Crippen molar-refractivity contribution in [2.45, 2.75) is 19.8 Å². The van der Waals surface area contributed by atoms with E-state index < -0.39 is 0 Å². The van der Waals surface area contributed by atoms with E-state index in [1.807, 2.05) is 0 Å². The molecule has 2 nitrogen and oxygen atoms in total.